The summed E-state index contributed by atoms with van der Waals surface area (Å²) in [6.45, 7) is 5.68. The van der Waals surface area contributed by atoms with Crippen molar-refractivity contribution in [3.8, 4) is 0 Å². The van der Waals surface area contributed by atoms with E-state index in [9.17, 15) is 4.79 Å². The van der Waals surface area contributed by atoms with E-state index in [-0.39, 0.29) is 6.03 Å². The SMILES string of the molecule is CCN1CCCCC1CNC(=O)N(C)Cc1cccc2cccnc12. The smallest absolute Gasteiger partial charge is 0.317 e. The van der Waals surface area contributed by atoms with Crippen LogP contribution in [0.5, 0.6) is 0 Å². The van der Waals surface area contributed by atoms with E-state index in [2.05, 4.69) is 22.1 Å². The lowest BCUT2D eigenvalue weighted by atomic mass is 10.0. The Labute approximate surface area is 150 Å². The molecule has 1 aliphatic rings. The van der Waals surface area contributed by atoms with Crippen LogP contribution in [0.3, 0.4) is 0 Å². The molecule has 0 spiro atoms. The molecule has 1 N–H and O–H groups in total. The number of nitrogens with zero attached hydrogens (tertiary/aromatic N) is 3. The largest absolute Gasteiger partial charge is 0.336 e. The van der Waals surface area contributed by atoms with Gasteiger partial charge in [-0.15, -0.1) is 0 Å². The molecule has 134 valence electrons. The average Bonchev–Trinajstić information content (AvgIpc) is 2.66. The fraction of sp³-hybridized carbons (Fsp3) is 0.500. The van der Waals surface area contributed by atoms with E-state index < -0.39 is 0 Å². The van der Waals surface area contributed by atoms with Crippen LogP contribution in [0.1, 0.15) is 31.7 Å². The van der Waals surface area contributed by atoms with Crippen LogP contribution in [0, 0.1) is 0 Å². The standard InChI is InChI=1S/C20H28N4O/c1-3-24-13-5-4-11-18(24)14-22-20(25)23(2)15-17-9-6-8-16-10-7-12-21-19(16)17/h6-10,12,18H,3-5,11,13-15H2,1-2H3,(H,22,25). The maximum absolute atomic E-state index is 12.5. The predicted molar refractivity (Wildman–Crippen MR) is 101 cm³/mol. The molecule has 1 unspecified atom stereocenters. The number of piperidine rings is 1. The Bertz CT molecular complexity index is 712. The lowest BCUT2D eigenvalue weighted by Gasteiger charge is -2.35. The van der Waals surface area contributed by atoms with E-state index in [4.69, 9.17) is 0 Å². The average molecular weight is 340 g/mol. The number of aromatic nitrogens is 1. The number of likely N-dealkylation sites (tertiary alicyclic amines) is 1. The highest BCUT2D eigenvalue weighted by atomic mass is 16.2. The molecular weight excluding hydrogens is 312 g/mol. The van der Waals surface area contributed by atoms with Gasteiger partial charge in [0.15, 0.2) is 0 Å². The highest BCUT2D eigenvalue weighted by Gasteiger charge is 2.22. The molecule has 5 nitrogen and oxygen atoms in total. The van der Waals surface area contributed by atoms with E-state index in [0.29, 0.717) is 12.6 Å². The number of rotatable bonds is 5. The first-order chi connectivity index (χ1) is 12.2. The summed E-state index contributed by atoms with van der Waals surface area (Å²) in [4.78, 5) is 21.2. The summed E-state index contributed by atoms with van der Waals surface area (Å²) in [6, 6.07) is 10.5. The number of benzene rings is 1. The molecule has 2 aromatic rings. The fourth-order valence-corrected chi connectivity index (χ4v) is 3.67. The van der Waals surface area contributed by atoms with E-state index in [1.807, 2.05) is 37.4 Å². The number of likely N-dealkylation sites (N-methyl/N-ethyl adjacent to an activating group) is 1. The maximum Gasteiger partial charge on any atom is 0.317 e. The Balaban J connectivity index is 1.59. The number of pyridine rings is 1. The number of carbonyl (C=O) groups is 1. The Hall–Kier alpha value is -2.14. The number of nitrogens with one attached hydrogen (secondary N) is 1. The van der Waals surface area contributed by atoms with Crippen LogP contribution in [0.15, 0.2) is 36.5 Å². The van der Waals surface area contributed by atoms with Crippen molar-refractivity contribution in [3.05, 3.63) is 42.1 Å². The molecule has 2 amide bonds. The Kier molecular flexibility index (Phi) is 5.87. The van der Waals surface area contributed by atoms with Crippen molar-refractivity contribution in [2.75, 3.05) is 26.7 Å². The zero-order chi connectivity index (χ0) is 17.6. The predicted octanol–water partition coefficient (Wildman–Crippen LogP) is 3.25. The van der Waals surface area contributed by atoms with Gasteiger partial charge in [0.2, 0.25) is 0 Å². The second-order valence-electron chi connectivity index (χ2n) is 6.81. The molecule has 3 rings (SSSR count). The zero-order valence-electron chi connectivity index (χ0n) is 15.2. The van der Waals surface area contributed by atoms with Gasteiger partial charge in [0.05, 0.1) is 5.52 Å². The van der Waals surface area contributed by atoms with E-state index in [1.165, 1.54) is 19.3 Å². The van der Waals surface area contributed by atoms with Gasteiger partial charge in [0, 0.05) is 37.8 Å². The summed E-state index contributed by atoms with van der Waals surface area (Å²) < 4.78 is 0. The number of hydrogen-bond acceptors (Lipinski definition) is 3. The second kappa shape index (κ2) is 8.30. The van der Waals surface area contributed by atoms with Crippen LogP contribution in [0.2, 0.25) is 0 Å². The number of amides is 2. The van der Waals surface area contributed by atoms with Gasteiger partial charge in [0.1, 0.15) is 0 Å². The third-order valence-corrected chi connectivity index (χ3v) is 5.11. The van der Waals surface area contributed by atoms with E-state index in [1.54, 1.807) is 11.1 Å². The first kappa shape index (κ1) is 17.7. The molecular formula is C20H28N4O. The minimum atomic E-state index is -0.0189. The first-order valence-corrected chi connectivity index (χ1v) is 9.24. The summed E-state index contributed by atoms with van der Waals surface area (Å²) in [5.74, 6) is 0. The summed E-state index contributed by atoms with van der Waals surface area (Å²) >= 11 is 0. The van der Waals surface area contributed by atoms with Crippen LogP contribution in [-0.2, 0) is 6.54 Å². The molecule has 0 radical (unpaired) electrons. The minimum Gasteiger partial charge on any atom is -0.336 e. The summed E-state index contributed by atoms with van der Waals surface area (Å²) in [6.07, 6.45) is 5.50. The van der Waals surface area contributed by atoms with Crippen molar-refractivity contribution in [2.24, 2.45) is 0 Å². The number of fused-ring (bicyclic) bond motifs is 1. The molecule has 1 saturated heterocycles. The van der Waals surface area contributed by atoms with Crippen molar-refractivity contribution < 1.29 is 4.79 Å². The molecule has 1 fully saturated rings. The lowest BCUT2D eigenvalue weighted by molar-refractivity contribution is 0.149. The van der Waals surface area contributed by atoms with Crippen molar-refractivity contribution in [1.29, 1.82) is 0 Å². The topological polar surface area (TPSA) is 48.5 Å². The highest BCUT2D eigenvalue weighted by molar-refractivity contribution is 5.82. The zero-order valence-corrected chi connectivity index (χ0v) is 15.2. The Morgan fingerprint density at radius 2 is 2.16 bits per heavy atom. The number of hydrogen-bond donors (Lipinski definition) is 1. The molecule has 5 heteroatoms. The van der Waals surface area contributed by atoms with Gasteiger partial charge in [-0.05, 0) is 37.6 Å². The quantitative estimate of drug-likeness (QED) is 0.909. The van der Waals surface area contributed by atoms with Crippen LogP contribution in [0.25, 0.3) is 10.9 Å². The van der Waals surface area contributed by atoms with E-state index in [0.717, 1.165) is 36.1 Å². The number of carbonyl (C=O) groups excluding carboxylic acids is 1. The Morgan fingerprint density at radius 1 is 1.32 bits per heavy atom. The van der Waals surface area contributed by atoms with Crippen LogP contribution >= 0.6 is 0 Å². The highest BCUT2D eigenvalue weighted by Crippen LogP contribution is 2.18. The van der Waals surface area contributed by atoms with Gasteiger partial charge in [0.25, 0.3) is 0 Å². The second-order valence-corrected chi connectivity index (χ2v) is 6.81. The molecule has 1 aliphatic heterocycles. The first-order valence-electron chi connectivity index (χ1n) is 9.24. The van der Waals surface area contributed by atoms with Gasteiger partial charge in [-0.3, -0.25) is 9.88 Å². The summed E-state index contributed by atoms with van der Waals surface area (Å²) in [7, 11) is 1.84. The van der Waals surface area contributed by atoms with Gasteiger partial charge in [-0.25, -0.2) is 4.79 Å². The molecule has 2 heterocycles. The van der Waals surface area contributed by atoms with Crippen molar-refractivity contribution in [2.45, 2.75) is 38.8 Å². The van der Waals surface area contributed by atoms with Gasteiger partial charge < -0.3 is 10.2 Å². The minimum absolute atomic E-state index is 0.0189. The van der Waals surface area contributed by atoms with Gasteiger partial charge in [-0.1, -0.05) is 37.6 Å². The van der Waals surface area contributed by atoms with Crippen molar-refractivity contribution in [3.63, 3.8) is 0 Å². The molecule has 25 heavy (non-hydrogen) atoms. The maximum atomic E-state index is 12.5. The lowest BCUT2D eigenvalue weighted by Crippen LogP contribution is -2.48. The monoisotopic (exact) mass is 340 g/mol. The molecule has 0 aliphatic carbocycles. The summed E-state index contributed by atoms with van der Waals surface area (Å²) in [5.41, 5.74) is 2.04. The number of para-hydroxylation sites is 1. The molecule has 0 saturated carbocycles. The summed E-state index contributed by atoms with van der Waals surface area (Å²) in [5, 5.41) is 4.22. The van der Waals surface area contributed by atoms with Gasteiger partial charge in [-0.2, -0.15) is 0 Å². The molecule has 1 aromatic carbocycles. The normalized spacial score (nSPS) is 18.2. The van der Waals surface area contributed by atoms with Crippen molar-refractivity contribution >= 4 is 16.9 Å². The van der Waals surface area contributed by atoms with E-state index >= 15 is 0 Å². The van der Waals surface area contributed by atoms with Crippen LogP contribution < -0.4 is 5.32 Å². The van der Waals surface area contributed by atoms with Crippen LogP contribution in [0.4, 0.5) is 4.79 Å². The van der Waals surface area contributed by atoms with Gasteiger partial charge >= 0.3 is 6.03 Å². The third kappa shape index (κ3) is 4.28. The molecule has 1 aromatic heterocycles. The molecule has 1 atom stereocenters. The number of urea groups is 1. The third-order valence-electron chi connectivity index (χ3n) is 5.11. The van der Waals surface area contributed by atoms with Crippen LogP contribution in [-0.4, -0.2) is 53.5 Å². The Morgan fingerprint density at radius 3 is 3.00 bits per heavy atom. The van der Waals surface area contributed by atoms with Crippen molar-refractivity contribution in [1.82, 2.24) is 20.1 Å². The molecule has 0 bridgehead atoms. The fourth-order valence-electron chi connectivity index (χ4n) is 3.67.